The lowest BCUT2D eigenvalue weighted by Crippen LogP contribution is -2.11. The summed E-state index contributed by atoms with van der Waals surface area (Å²) in [5.41, 5.74) is 0.892. The van der Waals surface area contributed by atoms with Crippen LogP contribution in [-0.2, 0) is 0 Å². The average molecular weight is 410 g/mol. The maximum atomic E-state index is 13.0. The highest BCUT2D eigenvalue weighted by atomic mass is 19.1. The molecule has 3 rings (SSSR count). The van der Waals surface area contributed by atoms with Crippen molar-refractivity contribution < 1.29 is 32.9 Å². The Balaban J connectivity index is 1.79. The van der Waals surface area contributed by atoms with E-state index in [1.165, 1.54) is 75.9 Å². The largest absolute Gasteiger partial charge is 0.493 e. The molecule has 0 amide bonds. The maximum Gasteiger partial charge on any atom is 0.347 e. The third-order valence-corrected chi connectivity index (χ3v) is 4.36. The van der Waals surface area contributed by atoms with E-state index in [1.807, 2.05) is 0 Å². The predicted molar refractivity (Wildman–Crippen MR) is 107 cm³/mol. The summed E-state index contributed by atoms with van der Waals surface area (Å²) in [5.74, 6) is -0.235. The topological polar surface area (TPSA) is 71.1 Å². The molecule has 0 aliphatic heterocycles. The highest BCUT2D eigenvalue weighted by Gasteiger charge is 2.22. The number of carbonyl (C=O) groups is 2. The summed E-state index contributed by atoms with van der Waals surface area (Å²) in [7, 11) is 4.32. The minimum absolute atomic E-state index is 0.154. The first-order valence-electron chi connectivity index (χ1n) is 8.90. The van der Waals surface area contributed by atoms with Gasteiger partial charge in [0.05, 0.1) is 21.3 Å². The number of hydrogen-bond donors (Lipinski definition) is 0. The molecule has 6 nitrogen and oxygen atoms in total. The van der Waals surface area contributed by atoms with Crippen LogP contribution in [0.15, 0.2) is 60.7 Å². The van der Waals surface area contributed by atoms with Gasteiger partial charge in [0.1, 0.15) is 17.1 Å². The van der Waals surface area contributed by atoms with Gasteiger partial charge in [-0.1, -0.05) is 0 Å². The zero-order valence-corrected chi connectivity index (χ0v) is 16.6. The number of ketones is 1. The van der Waals surface area contributed by atoms with E-state index in [2.05, 4.69) is 0 Å². The quantitative estimate of drug-likeness (QED) is 0.329. The summed E-state index contributed by atoms with van der Waals surface area (Å²) in [6.45, 7) is 0. The Kier molecular flexibility index (Phi) is 6.32. The highest BCUT2D eigenvalue weighted by Crippen LogP contribution is 2.40. The molecule has 7 heteroatoms. The smallest absolute Gasteiger partial charge is 0.347 e. The fourth-order valence-electron chi connectivity index (χ4n) is 2.87. The molecule has 30 heavy (non-hydrogen) atoms. The summed E-state index contributed by atoms with van der Waals surface area (Å²) >= 11 is 0. The van der Waals surface area contributed by atoms with Gasteiger partial charge in [0, 0.05) is 11.1 Å². The monoisotopic (exact) mass is 410 g/mol. The van der Waals surface area contributed by atoms with Gasteiger partial charge in [0.2, 0.25) is 5.75 Å². The molecule has 0 heterocycles. The van der Waals surface area contributed by atoms with Crippen LogP contribution in [0.2, 0.25) is 0 Å². The molecular weight excluding hydrogens is 391 g/mol. The predicted octanol–water partition coefficient (Wildman–Crippen LogP) is 4.30. The van der Waals surface area contributed by atoms with Crippen molar-refractivity contribution in [3.05, 3.63) is 83.2 Å². The van der Waals surface area contributed by atoms with Crippen LogP contribution >= 0.6 is 0 Å². The van der Waals surface area contributed by atoms with Crippen LogP contribution in [0.3, 0.4) is 0 Å². The van der Waals surface area contributed by atoms with Gasteiger partial charge in [-0.2, -0.15) is 0 Å². The average Bonchev–Trinajstić information content (AvgIpc) is 2.78. The van der Waals surface area contributed by atoms with Crippen LogP contribution in [0.4, 0.5) is 4.39 Å². The number of halogens is 1. The first-order valence-corrected chi connectivity index (χ1v) is 8.90. The van der Waals surface area contributed by atoms with Crippen molar-refractivity contribution in [3.8, 4) is 23.0 Å². The van der Waals surface area contributed by atoms with Crippen molar-refractivity contribution in [1.82, 2.24) is 0 Å². The molecule has 3 aromatic rings. The van der Waals surface area contributed by atoms with Gasteiger partial charge < -0.3 is 18.9 Å². The van der Waals surface area contributed by atoms with Crippen LogP contribution in [0.1, 0.15) is 26.3 Å². The van der Waals surface area contributed by atoms with Crippen molar-refractivity contribution in [2.24, 2.45) is 0 Å². The van der Waals surface area contributed by atoms with E-state index in [0.717, 1.165) is 0 Å². The van der Waals surface area contributed by atoms with Gasteiger partial charge in [-0.15, -0.1) is 0 Å². The van der Waals surface area contributed by atoms with Crippen molar-refractivity contribution in [1.29, 1.82) is 0 Å². The Morgan fingerprint density at radius 2 is 1.27 bits per heavy atom. The lowest BCUT2D eigenvalue weighted by atomic mass is 10.0. The number of ether oxygens (including phenoxy) is 4. The molecule has 0 unspecified atom stereocenters. The summed E-state index contributed by atoms with van der Waals surface area (Å²) in [6, 6.07) is 14.4. The molecule has 0 atom stereocenters. The van der Waals surface area contributed by atoms with Crippen LogP contribution in [0.5, 0.6) is 23.0 Å². The molecule has 154 valence electrons. The van der Waals surface area contributed by atoms with Crippen LogP contribution in [0, 0.1) is 5.82 Å². The number of rotatable bonds is 7. The van der Waals surface area contributed by atoms with E-state index >= 15 is 0 Å². The fourth-order valence-corrected chi connectivity index (χ4v) is 2.87. The molecule has 0 spiro atoms. The van der Waals surface area contributed by atoms with E-state index in [9.17, 15) is 14.0 Å². The normalized spacial score (nSPS) is 10.3. The molecule has 0 N–H and O–H groups in total. The Bertz CT molecular complexity index is 1060. The summed E-state index contributed by atoms with van der Waals surface area (Å²) < 4.78 is 34.2. The first kappa shape index (κ1) is 20.9. The third-order valence-electron chi connectivity index (χ3n) is 4.36. The number of carbonyl (C=O) groups excluding carboxylic acids is 2. The van der Waals surface area contributed by atoms with Crippen molar-refractivity contribution in [2.45, 2.75) is 0 Å². The molecule has 0 aliphatic carbocycles. The summed E-state index contributed by atoms with van der Waals surface area (Å²) in [4.78, 5) is 25.1. The van der Waals surface area contributed by atoms with Gasteiger partial charge in [-0.05, 0) is 60.7 Å². The van der Waals surface area contributed by atoms with E-state index in [1.54, 1.807) is 6.07 Å². The van der Waals surface area contributed by atoms with Gasteiger partial charge in [0.25, 0.3) is 0 Å². The Hall–Kier alpha value is -3.87. The lowest BCUT2D eigenvalue weighted by molar-refractivity contribution is 0.0730. The van der Waals surface area contributed by atoms with Crippen LogP contribution < -0.4 is 18.9 Å². The van der Waals surface area contributed by atoms with Gasteiger partial charge >= 0.3 is 5.97 Å². The second-order valence-electron chi connectivity index (χ2n) is 6.13. The number of methoxy groups -OCH3 is 3. The van der Waals surface area contributed by atoms with Gasteiger partial charge in [-0.3, -0.25) is 4.79 Å². The lowest BCUT2D eigenvalue weighted by Gasteiger charge is -2.15. The van der Waals surface area contributed by atoms with Gasteiger partial charge in [-0.25, -0.2) is 9.18 Å². The van der Waals surface area contributed by atoms with E-state index in [-0.39, 0.29) is 28.6 Å². The maximum absolute atomic E-state index is 13.0. The summed E-state index contributed by atoms with van der Waals surface area (Å²) in [6.07, 6.45) is 0. The Morgan fingerprint density at radius 1 is 0.700 bits per heavy atom. The number of hydrogen-bond acceptors (Lipinski definition) is 6. The standard InChI is InChI=1S/C23H19FO6/c1-27-19-13-12-18(21(28-2)22(19)29-3)23(26)30-17-10-6-15(7-11-17)20(25)14-4-8-16(24)9-5-14/h4-13H,1-3H3. The molecule has 0 saturated heterocycles. The van der Waals surface area contributed by atoms with Crippen molar-refractivity contribution >= 4 is 11.8 Å². The second kappa shape index (κ2) is 9.09. The van der Waals surface area contributed by atoms with E-state index < -0.39 is 11.8 Å². The Morgan fingerprint density at radius 3 is 1.80 bits per heavy atom. The zero-order valence-electron chi connectivity index (χ0n) is 16.6. The zero-order chi connectivity index (χ0) is 21.7. The molecule has 0 bridgehead atoms. The molecule has 0 aromatic heterocycles. The number of benzene rings is 3. The minimum Gasteiger partial charge on any atom is -0.493 e. The molecule has 3 aromatic carbocycles. The van der Waals surface area contributed by atoms with Gasteiger partial charge in [0.15, 0.2) is 17.3 Å². The number of esters is 1. The van der Waals surface area contributed by atoms with Crippen molar-refractivity contribution in [3.63, 3.8) is 0 Å². The Labute approximate surface area is 172 Å². The third kappa shape index (κ3) is 4.25. The van der Waals surface area contributed by atoms with Crippen LogP contribution in [-0.4, -0.2) is 33.1 Å². The highest BCUT2D eigenvalue weighted by molar-refractivity contribution is 6.09. The molecule has 0 saturated carbocycles. The SMILES string of the molecule is COc1ccc(C(=O)Oc2ccc(C(=O)c3ccc(F)cc3)cc2)c(OC)c1OC. The van der Waals surface area contributed by atoms with Crippen molar-refractivity contribution in [2.75, 3.05) is 21.3 Å². The van der Waals surface area contributed by atoms with E-state index in [4.69, 9.17) is 18.9 Å². The van der Waals surface area contributed by atoms with E-state index in [0.29, 0.717) is 16.9 Å². The van der Waals surface area contributed by atoms with Crippen LogP contribution in [0.25, 0.3) is 0 Å². The fraction of sp³-hybridized carbons (Fsp3) is 0.130. The molecular formula is C23H19FO6. The first-order chi connectivity index (χ1) is 14.5. The second-order valence-corrected chi connectivity index (χ2v) is 6.13. The minimum atomic E-state index is -0.662. The molecule has 0 aliphatic rings. The summed E-state index contributed by atoms with van der Waals surface area (Å²) in [5, 5.41) is 0. The molecule has 0 radical (unpaired) electrons. The molecule has 0 fully saturated rings.